The van der Waals surface area contributed by atoms with Crippen LogP contribution in [-0.4, -0.2) is 21.7 Å². The van der Waals surface area contributed by atoms with Gasteiger partial charge in [-0.25, -0.2) is 9.79 Å². The van der Waals surface area contributed by atoms with Crippen molar-refractivity contribution in [3.8, 4) is 12.3 Å². The van der Waals surface area contributed by atoms with Gasteiger partial charge in [0.25, 0.3) is 5.56 Å². The second-order valence-electron chi connectivity index (χ2n) is 9.30. The minimum absolute atomic E-state index is 0.209. The van der Waals surface area contributed by atoms with Gasteiger partial charge in [0, 0.05) is 22.7 Å². The normalized spacial score (nSPS) is 15.3. The number of ether oxygens (including phenoxy) is 1. The Balaban J connectivity index is 1.62. The van der Waals surface area contributed by atoms with Gasteiger partial charge in [-0.05, 0) is 42.3 Å². The van der Waals surface area contributed by atoms with Crippen molar-refractivity contribution in [3.05, 3.63) is 115 Å². The first-order chi connectivity index (χ1) is 19.0. The third-order valence-corrected chi connectivity index (χ3v) is 7.99. The Labute approximate surface area is 228 Å². The van der Waals surface area contributed by atoms with Crippen LogP contribution in [0.1, 0.15) is 31.0 Å². The van der Waals surface area contributed by atoms with Crippen LogP contribution in [0.5, 0.6) is 0 Å². The monoisotopic (exact) mass is 531 g/mol. The molecular formula is C32H25N3O3S. The highest BCUT2D eigenvalue weighted by atomic mass is 32.1. The summed E-state index contributed by atoms with van der Waals surface area (Å²) in [6.45, 7) is 4.23. The van der Waals surface area contributed by atoms with Gasteiger partial charge in [0.15, 0.2) is 4.80 Å². The predicted molar refractivity (Wildman–Crippen MR) is 155 cm³/mol. The number of fused-ring (bicyclic) bond motifs is 3. The Morgan fingerprint density at radius 3 is 2.64 bits per heavy atom. The molecule has 0 radical (unpaired) electrons. The van der Waals surface area contributed by atoms with Gasteiger partial charge in [-0.2, -0.15) is 0 Å². The van der Waals surface area contributed by atoms with Crippen LogP contribution in [0.15, 0.2) is 94.0 Å². The predicted octanol–water partition coefficient (Wildman–Crippen LogP) is 4.54. The number of thiazole rings is 1. The molecule has 5 aromatic rings. The Kier molecular flexibility index (Phi) is 6.26. The number of hydrogen-bond acceptors (Lipinski definition) is 5. The summed E-state index contributed by atoms with van der Waals surface area (Å²) in [4.78, 5) is 32.6. The SMILES string of the molecule is C#CCn1cc(/C=c2/sc3n(c2=O)C(c2cccc4ccccc24)C(C(=O)OCC)=C(C)N=3)c2ccccc21. The molecule has 0 aliphatic carbocycles. The molecule has 1 atom stereocenters. The third kappa shape index (κ3) is 4.10. The zero-order chi connectivity index (χ0) is 27.1. The van der Waals surface area contributed by atoms with E-state index in [4.69, 9.17) is 16.2 Å². The molecule has 7 heteroatoms. The van der Waals surface area contributed by atoms with E-state index in [2.05, 4.69) is 5.92 Å². The molecule has 39 heavy (non-hydrogen) atoms. The van der Waals surface area contributed by atoms with Crippen LogP contribution in [0.4, 0.5) is 0 Å². The smallest absolute Gasteiger partial charge is 0.338 e. The number of para-hydroxylation sites is 1. The number of rotatable bonds is 5. The van der Waals surface area contributed by atoms with Crippen molar-refractivity contribution < 1.29 is 9.53 Å². The van der Waals surface area contributed by atoms with Crippen LogP contribution in [-0.2, 0) is 16.1 Å². The Bertz CT molecular complexity index is 2030. The molecule has 0 saturated heterocycles. The number of carbonyl (C=O) groups excluding carboxylic acids is 1. The van der Waals surface area contributed by atoms with Gasteiger partial charge in [0.05, 0.1) is 35.0 Å². The fourth-order valence-electron chi connectivity index (χ4n) is 5.34. The fourth-order valence-corrected chi connectivity index (χ4v) is 6.37. The molecule has 3 aromatic carbocycles. The highest BCUT2D eigenvalue weighted by molar-refractivity contribution is 7.07. The zero-order valence-electron chi connectivity index (χ0n) is 21.5. The van der Waals surface area contributed by atoms with E-state index in [9.17, 15) is 9.59 Å². The minimum Gasteiger partial charge on any atom is -0.463 e. The number of nitrogens with zero attached hydrogens (tertiary/aromatic N) is 3. The number of allylic oxidation sites excluding steroid dienone is 1. The average molecular weight is 532 g/mol. The maximum atomic E-state index is 14.1. The first-order valence-electron chi connectivity index (χ1n) is 12.7. The van der Waals surface area contributed by atoms with Crippen molar-refractivity contribution >= 4 is 45.1 Å². The molecule has 0 N–H and O–H groups in total. The minimum atomic E-state index is -0.670. The lowest BCUT2D eigenvalue weighted by Crippen LogP contribution is -2.40. The molecule has 1 unspecified atom stereocenters. The molecule has 0 bridgehead atoms. The van der Waals surface area contributed by atoms with Crippen molar-refractivity contribution in [1.82, 2.24) is 9.13 Å². The van der Waals surface area contributed by atoms with Gasteiger partial charge < -0.3 is 9.30 Å². The summed E-state index contributed by atoms with van der Waals surface area (Å²) >= 11 is 1.32. The Morgan fingerprint density at radius 2 is 1.85 bits per heavy atom. The standard InChI is InChI=1S/C32H25N3O3S/c1-4-17-34-19-22(24-14-8-9-16-26(24)34)18-27-30(36)35-29(25-15-10-12-21-11-6-7-13-23(21)25)28(31(37)38-5-2)20(3)33-32(35)39-27/h1,6-16,18-19,29H,5,17H2,2-3H3/b27-18+. The summed E-state index contributed by atoms with van der Waals surface area (Å²) in [7, 11) is 0. The lowest BCUT2D eigenvalue weighted by molar-refractivity contribution is -0.139. The maximum Gasteiger partial charge on any atom is 0.338 e. The number of benzene rings is 3. The van der Waals surface area contributed by atoms with Crippen LogP contribution in [0.25, 0.3) is 27.8 Å². The molecule has 1 aliphatic heterocycles. The summed E-state index contributed by atoms with van der Waals surface area (Å²) in [5, 5.41) is 3.00. The molecule has 0 saturated carbocycles. The summed E-state index contributed by atoms with van der Waals surface area (Å²) in [5.41, 5.74) is 3.46. The molecule has 1 aliphatic rings. The third-order valence-electron chi connectivity index (χ3n) is 7.00. The second kappa shape index (κ2) is 9.90. The Morgan fingerprint density at radius 1 is 1.10 bits per heavy atom. The molecule has 0 spiro atoms. The molecule has 6 nitrogen and oxygen atoms in total. The summed E-state index contributed by atoms with van der Waals surface area (Å²) in [6, 6.07) is 21.2. The number of hydrogen-bond donors (Lipinski definition) is 0. The topological polar surface area (TPSA) is 65.6 Å². The van der Waals surface area contributed by atoms with Gasteiger partial charge >= 0.3 is 5.97 Å². The lowest BCUT2D eigenvalue weighted by atomic mass is 9.91. The second-order valence-corrected chi connectivity index (χ2v) is 10.3. The van der Waals surface area contributed by atoms with E-state index in [1.165, 1.54) is 11.3 Å². The highest BCUT2D eigenvalue weighted by Crippen LogP contribution is 2.34. The van der Waals surface area contributed by atoms with Crippen LogP contribution in [0.3, 0.4) is 0 Å². The first-order valence-corrected chi connectivity index (χ1v) is 13.5. The number of carbonyl (C=O) groups is 1. The lowest BCUT2D eigenvalue weighted by Gasteiger charge is -2.25. The van der Waals surface area contributed by atoms with Gasteiger partial charge in [0.2, 0.25) is 0 Å². The number of aromatic nitrogens is 2. The molecule has 3 heterocycles. The van der Waals surface area contributed by atoms with Crippen molar-refractivity contribution in [2.45, 2.75) is 26.4 Å². The molecule has 192 valence electrons. The van der Waals surface area contributed by atoms with Crippen LogP contribution < -0.4 is 14.9 Å². The van der Waals surface area contributed by atoms with Crippen LogP contribution >= 0.6 is 11.3 Å². The molecule has 0 amide bonds. The van der Waals surface area contributed by atoms with Crippen molar-refractivity contribution in [2.24, 2.45) is 4.99 Å². The van der Waals surface area contributed by atoms with E-state index in [1.807, 2.05) is 83.6 Å². The zero-order valence-corrected chi connectivity index (χ0v) is 22.4. The van der Waals surface area contributed by atoms with Crippen molar-refractivity contribution in [1.29, 1.82) is 0 Å². The fraction of sp³-hybridized carbons (Fsp3) is 0.156. The van der Waals surface area contributed by atoms with Crippen molar-refractivity contribution in [2.75, 3.05) is 6.61 Å². The largest absolute Gasteiger partial charge is 0.463 e. The molecule has 6 rings (SSSR count). The summed E-state index contributed by atoms with van der Waals surface area (Å²) in [6.07, 6.45) is 9.46. The van der Waals surface area contributed by atoms with Gasteiger partial charge in [-0.15, -0.1) is 6.42 Å². The molecule has 2 aromatic heterocycles. The highest BCUT2D eigenvalue weighted by Gasteiger charge is 2.34. The Hall–Kier alpha value is -4.67. The van der Waals surface area contributed by atoms with Gasteiger partial charge in [-0.3, -0.25) is 9.36 Å². The maximum absolute atomic E-state index is 14.1. The quantitative estimate of drug-likeness (QED) is 0.247. The van der Waals surface area contributed by atoms with Gasteiger partial charge in [0.1, 0.15) is 0 Å². The van der Waals surface area contributed by atoms with Crippen molar-refractivity contribution in [3.63, 3.8) is 0 Å². The van der Waals surface area contributed by atoms with Crippen LogP contribution in [0, 0.1) is 12.3 Å². The van der Waals surface area contributed by atoms with Crippen LogP contribution in [0.2, 0.25) is 0 Å². The van der Waals surface area contributed by atoms with Gasteiger partial charge in [-0.1, -0.05) is 77.9 Å². The number of terminal acetylenes is 1. The van der Waals surface area contributed by atoms with E-state index >= 15 is 0 Å². The average Bonchev–Trinajstić information content (AvgIpc) is 3.44. The van der Waals surface area contributed by atoms with E-state index < -0.39 is 12.0 Å². The molecule has 0 fully saturated rings. The summed E-state index contributed by atoms with van der Waals surface area (Å²) < 4.78 is 9.62. The first kappa shape index (κ1) is 24.7. The van der Waals surface area contributed by atoms with E-state index in [0.717, 1.165) is 32.8 Å². The van der Waals surface area contributed by atoms with E-state index in [0.29, 0.717) is 27.1 Å². The van der Waals surface area contributed by atoms with E-state index in [1.54, 1.807) is 18.4 Å². The van der Waals surface area contributed by atoms with E-state index in [-0.39, 0.29) is 12.2 Å². The number of esters is 1. The molecular weight excluding hydrogens is 506 g/mol. The summed E-state index contributed by atoms with van der Waals surface area (Å²) in [5.74, 6) is 2.23.